The maximum atomic E-state index is 13.9. The van der Waals surface area contributed by atoms with Crippen LogP contribution in [0.5, 0.6) is 0 Å². The van der Waals surface area contributed by atoms with Crippen molar-refractivity contribution >= 4 is 11.8 Å². The van der Waals surface area contributed by atoms with Crippen molar-refractivity contribution in [1.29, 1.82) is 0 Å². The zero-order chi connectivity index (χ0) is 19.8. The maximum Gasteiger partial charge on any atom is 0.337 e. The van der Waals surface area contributed by atoms with Crippen LogP contribution in [0.15, 0.2) is 59.5 Å². The van der Waals surface area contributed by atoms with Gasteiger partial charge in [0.25, 0.3) is 0 Å². The average Bonchev–Trinajstić information content (AvgIpc) is 2.57. The van der Waals surface area contributed by atoms with E-state index in [1.165, 1.54) is 18.2 Å². The monoisotopic (exact) mass is 369 g/mol. The zero-order valence-electron chi connectivity index (χ0n) is 15.9. The third kappa shape index (κ3) is 3.72. The number of nitrogens with one attached hydrogen (secondary N) is 1. The van der Waals surface area contributed by atoms with E-state index in [1.807, 2.05) is 13.8 Å². The Hall–Kier alpha value is -2.69. The summed E-state index contributed by atoms with van der Waals surface area (Å²) in [6, 6.07) is 6.05. The van der Waals surface area contributed by atoms with Crippen molar-refractivity contribution in [2.24, 2.45) is 5.41 Å². The lowest BCUT2D eigenvalue weighted by atomic mass is 9.68. The number of esters is 1. The molecule has 0 fully saturated rings. The van der Waals surface area contributed by atoms with Gasteiger partial charge in [-0.15, -0.1) is 0 Å². The molecule has 5 heteroatoms. The molecule has 2 aliphatic rings. The molecule has 1 aliphatic carbocycles. The van der Waals surface area contributed by atoms with Gasteiger partial charge >= 0.3 is 5.97 Å². The van der Waals surface area contributed by atoms with Gasteiger partial charge in [0.05, 0.1) is 5.57 Å². The Labute approximate surface area is 158 Å². The van der Waals surface area contributed by atoms with Gasteiger partial charge in [0.15, 0.2) is 5.78 Å². The van der Waals surface area contributed by atoms with Crippen molar-refractivity contribution in [1.82, 2.24) is 5.32 Å². The molecule has 1 aliphatic heterocycles. The molecule has 4 nitrogen and oxygen atoms in total. The van der Waals surface area contributed by atoms with E-state index in [9.17, 15) is 14.0 Å². The minimum Gasteiger partial charge on any atom is -0.458 e. The average molecular weight is 369 g/mol. The van der Waals surface area contributed by atoms with Gasteiger partial charge in [0, 0.05) is 29.3 Å². The highest BCUT2D eigenvalue weighted by Crippen LogP contribution is 2.46. The van der Waals surface area contributed by atoms with E-state index in [4.69, 9.17) is 4.74 Å². The van der Waals surface area contributed by atoms with Crippen LogP contribution in [-0.4, -0.2) is 18.4 Å². The van der Waals surface area contributed by atoms with Crippen LogP contribution in [0.2, 0.25) is 0 Å². The third-order valence-electron chi connectivity index (χ3n) is 4.97. The standard InChI is InChI=1S/C22H24FNO3/c1-5-9-27-21(26)18-13(2)24-16-11-22(3,4)12-17(25)20(16)19(18)14-7-6-8-15(23)10-14/h5-8,10,19,24H,1,9,11-12H2,2-4H3/t19-/m1/s1. The topological polar surface area (TPSA) is 55.4 Å². The molecular formula is C22H24FNO3. The second-order valence-electron chi connectivity index (χ2n) is 7.87. The molecule has 0 aromatic heterocycles. The smallest absolute Gasteiger partial charge is 0.337 e. The van der Waals surface area contributed by atoms with Crippen LogP contribution in [0.25, 0.3) is 0 Å². The number of Topliss-reactive ketones (excluding diaryl/α,β-unsaturated/α-hetero) is 1. The van der Waals surface area contributed by atoms with E-state index < -0.39 is 17.7 Å². The predicted octanol–water partition coefficient (Wildman–Crippen LogP) is 4.16. The molecule has 1 heterocycles. The molecule has 1 atom stereocenters. The minimum atomic E-state index is -0.641. The summed E-state index contributed by atoms with van der Waals surface area (Å²) in [5.74, 6) is -1.60. The summed E-state index contributed by atoms with van der Waals surface area (Å²) in [6.07, 6.45) is 2.56. The molecule has 27 heavy (non-hydrogen) atoms. The Balaban J connectivity index is 2.15. The molecule has 0 spiro atoms. The van der Waals surface area contributed by atoms with Gasteiger partial charge < -0.3 is 10.1 Å². The van der Waals surface area contributed by atoms with Crippen LogP contribution in [0.1, 0.15) is 45.1 Å². The molecule has 0 radical (unpaired) electrons. The SMILES string of the molecule is C=CCOC(=O)C1=C(C)NC2=C(C(=O)CC(C)(C)C2)[C@@H]1c1cccc(F)c1. The highest BCUT2D eigenvalue weighted by molar-refractivity contribution is 6.04. The molecule has 1 N–H and O–H groups in total. The van der Waals surface area contributed by atoms with Crippen molar-refractivity contribution in [3.8, 4) is 0 Å². The number of ether oxygens (including phenoxy) is 1. The highest BCUT2D eigenvalue weighted by atomic mass is 19.1. The summed E-state index contributed by atoms with van der Waals surface area (Å²) < 4.78 is 19.2. The first-order valence-electron chi connectivity index (χ1n) is 9.01. The number of dihydropyridines is 1. The number of benzene rings is 1. The number of ketones is 1. The van der Waals surface area contributed by atoms with Crippen LogP contribution in [0, 0.1) is 11.2 Å². The van der Waals surface area contributed by atoms with E-state index in [2.05, 4.69) is 11.9 Å². The zero-order valence-corrected chi connectivity index (χ0v) is 15.9. The Bertz CT molecular complexity index is 879. The lowest BCUT2D eigenvalue weighted by Gasteiger charge is -2.39. The van der Waals surface area contributed by atoms with Gasteiger partial charge in [-0.3, -0.25) is 4.79 Å². The normalized spacial score (nSPS) is 21.5. The fourth-order valence-corrected chi connectivity index (χ4v) is 3.94. The van der Waals surface area contributed by atoms with Crippen LogP contribution < -0.4 is 5.32 Å². The first-order valence-corrected chi connectivity index (χ1v) is 9.01. The van der Waals surface area contributed by atoms with E-state index in [0.717, 1.165) is 5.70 Å². The van der Waals surface area contributed by atoms with Crippen molar-refractivity contribution in [2.45, 2.75) is 39.5 Å². The number of halogens is 1. The van der Waals surface area contributed by atoms with Crippen LogP contribution in [-0.2, 0) is 14.3 Å². The second-order valence-corrected chi connectivity index (χ2v) is 7.87. The second kappa shape index (κ2) is 7.14. The lowest BCUT2D eigenvalue weighted by Crippen LogP contribution is -2.38. The summed E-state index contributed by atoms with van der Waals surface area (Å²) in [4.78, 5) is 25.8. The van der Waals surface area contributed by atoms with E-state index in [1.54, 1.807) is 19.1 Å². The summed E-state index contributed by atoms with van der Waals surface area (Å²) in [7, 11) is 0. The van der Waals surface area contributed by atoms with E-state index in [-0.39, 0.29) is 17.8 Å². The molecule has 1 aromatic rings. The molecule has 0 amide bonds. The van der Waals surface area contributed by atoms with Crippen molar-refractivity contribution in [3.05, 3.63) is 70.8 Å². The number of carbonyl (C=O) groups is 2. The summed E-state index contributed by atoms with van der Waals surface area (Å²) in [6.45, 7) is 9.49. The van der Waals surface area contributed by atoms with Crippen molar-refractivity contribution in [2.75, 3.05) is 6.61 Å². The predicted molar refractivity (Wildman–Crippen MR) is 101 cm³/mol. The van der Waals surface area contributed by atoms with Gasteiger partial charge in [-0.05, 0) is 36.5 Å². The highest BCUT2D eigenvalue weighted by Gasteiger charge is 2.43. The third-order valence-corrected chi connectivity index (χ3v) is 4.97. The van der Waals surface area contributed by atoms with E-state index in [0.29, 0.717) is 35.2 Å². The molecule has 0 saturated carbocycles. The van der Waals surface area contributed by atoms with Crippen LogP contribution in [0.4, 0.5) is 4.39 Å². The fraction of sp³-hybridized carbons (Fsp3) is 0.364. The summed E-state index contributed by atoms with van der Waals surface area (Å²) in [5, 5.41) is 3.24. The molecule has 1 aromatic carbocycles. The van der Waals surface area contributed by atoms with Crippen molar-refractivity contribution in [3.63, 3.8) is 0 Å². The largest absolute Gasteiger partial charge is 0.458 e. The molecule has 0 bridgehead atoms. The van der Waals surface area contributed by atoms with Crippen molar-refractivity contribution < 1.29 is 18.7 Å². The van der Waals surface area contributed by atoms with Crippen LogP contribution >= 0.6 is 0 Å². The molecule has 0 unspecified atom stereocenters. The van der Waals surface area contributed by atoms with Gasteiger partial charge in [-0.25, -0.2) is 9.18 Å². The van der Waals surface area contributed by atoms with Crippen LogP contribution in [0.3, 0.4) is 0 Å². The first-order chi connectivity index (χ1) is 12.7. The van der Waals surface area contributed by atoms with Gasteiger partial charge in [-0.2, -0.15) is 0 Å². The fourth-order valence-electron chi connectivity index (χ4n) is 3.94. The minimum absolute atomic E-state index is 0.0236. The van der Waals surface area contributed by atoms with Gasteiger partial charge in [0.2, 0.25) is 0 Å². The summed E-state index contributed by atoms with van der Waals surface area (Å²) in [5.41, 5.74) is 2.72. The quantitative estimate of drug-likeness (QED) is 0.640. The molecule has 3 rings (SSSR count). The lowest BCUT2D eigenvalue weighted by molar-refractivity contribution is -0.138. The Morgan fingerprint density at radius 2 is 2.15 bits per heavy atom. The first kappa shape index (κ1) is 19.1. The van der Waals surface area contributed by atoms with E-state index >= 15 is 0 Å². The number of hydrogen-bond donors (Lipinski definition) is 1. The number of allylic oxidation sites excluding steroid dienone is 3. The molecular weight excluding hydrogens is 345 g/mol. The number of hydrogen-bond acceptors (Lipinski definition) is 4. The van der Waals surface area contributed by atoms with Gasteiger partial charge in [-0.1, -0.05) is 38.6 Å². The maximum absolute atomic E-state index is 13.9. The Morgan fingerprint density at radius 3 is 2.81 bits per heavy atom. The molecule has 0 saturated heterocycles. The number of rotatable bonds is 4. The summed E-state index contributed by atoms with van der Waals surface area (Å²) >= 11 is 0. The Kier molecular flexibility index (Phi) is 5.05. The number of carbonyl (C=O) groups excluding carboxylic acids is 2. The van der Waals surface area contributed by atoms with Gasteiger partial charge in [0.1, 0.15) is 12.4 Å². The Morgan fingerprint density at radius 1 is 1.41 bits per heavy atom. The molecule has 142 valence electrons.